The molecule has 0 bridgehead atoms. The van der Waals surface area contributed by atoms with Crippen molar-refractivity contribution in [1.29, 1.82) is 0 Å². The Kier molecular flexibility index (Phi) is 5.25. The zero-order valence-corrected chi connectivity index (χ0v) is 15.0. The highest BCUT2D eigenvalue weighted by molar-refractivity contribution is 7.87. The molecular weight excluding hydrogens is 374 g/mol. The van der Waals surface area contributed by atoms with Crippen LogP contribution in [0.5, 0.6) is 5.75 Å². The first kappa shape index (κ1) is 18.0. The molecule has 0 heterocycles. The van der Waals surface area contributed by atoms with Crippen molar-refractivity contribution >= 4 is 33.3 Å². The van der Waals surface area contributed by atoms with Crippen LogP contribution < -0.4 is 9.50 Å². The van der Waals surface area contributed by atoms with Crippen molar-refractivity contribution in [1.82, 2.24) is 0 Å². The molecule has 0 aliphatic rings. The Balaban J connectivity index is 1.81. The Morgan fingerprint density at radius 3 is 2.27 bits per heavy atom. The van der Waals surface area contributed by atoms with Crippen LogP contribution in [0.3, 0.4) is 0 Å². The molecule has 0 saturated carbocycles. The van der Waals surface area contributed by atoms with Crippen LogP contribution in [0.4, 0.5) is 5.69 Å². The highest BCUT2D eigenvalue weighted by Gasteiger charge is 2.18. The van der Waals surface area contributed by atoms with Gasteiger partial charge in [-0.25, -0.2) is 0 Å². The largest absolute Gasteiger partial charge is 0.379 e. The van der Waals surface area contributed by atoms with Crippen molar-refractivity contribution in [3.63, 3.8) is 0 Å². The highest BCUT2D eigenvalue weighted by atomic mass is 35.5. The molecule has 0 aliphatic heterocycles. The van der Waals surface area contributed by atoms with Gasteiger partial charge in [0, 0.05) is 16.3 Å². The predicted octanol–water partition coefficient (Wildman–Crippen LogP) is 4.36. The minimum Gasteiger partial charge on any atom is -0.379 e. The molecular formula is C19H14ClNO4S. The number of nitrogens with one attached hydrogen (secondary N) is 1. The lowest BCUT2D eigenvalue weighted by atomic mass is 10.2. The number of para-hydroxylation sites is 1. The number of amides is 1. The molecule has 1 amide bonds. The van der Waals surface area contributed by atoms with Crippen LogP contribution in [0.1, 0.15) is 10.4 Å². The topological polar surface area (TPSA) is 72.5 Å². The van der Waals surface area contributed by atoms with Gasteiger partial charge in [-0.15, -0.1) is 0 Å². The zero-order valence-electron chi connectivity index (χ0n) is 13.4. The maximum Gasteiger partial charge on any atom is 0.339 e. The van der Waals surface area contributed by atoms with Gasteiger partial charge in [-0.3, -0.25) is 4.79 Å². The van der Waals surface area contributed by atoms with Gasteiger partial charge in [0.05, 0.1) is 0 Å². The number of carbonyl (C=O) groups is 1. The molecule has 7 heteroatoms. The Hall–Kier alpha value is -2.83. The fourth-order valence-electron chi connectivity index (χ4n) is 2.18. The normalized spacial score (nSPS) is 11.0. The molecule has 0 radical (unpaired) electrons. The molecule has 132 valence electrons. The molecule has 0 unspecified atom stereocenters. The lowest BCUT2D eigenvalue weighted by molar-refractivity contribution is 0.102. The third-order valence-corrected chi connectivity index (χ3v) is 4.93. The minimum atomic E-state index is -4.08. The van der Waals surface area contributed by atoms with E-state index in [2.05, 4.69) is 5.32 Å². The van der Waals surface area contributed by atoms with Gasteiger partial charge in [0.1, 0.15) is 10.6 Å². The molecule has 0 saturated heterocycles. The van der Waals surface area contributed by atoms with Crippen molar-refractivity contribution in [2.24, 2.45) is 0 Å². The van der Waals surface area contributed by atoms with Gasteiger partial charge in [0.25, 0.3) is 5.91 Å². The Morgan fingerprint density at radius 1 is 0.885 bits per heavy atom. The number of rotatable bonds is 5. The summed E-state index contributed by atoms with van der Waals surface area (Å²) in [5.41, 5.74) is 0.817. The minimum absolute atomic E-state index is 0.117. The third kappa shape index (κ3) is 4.41. The van der Waals surface area contributed by atoms with Crippen molar-refractivity contribution in [2.75, 3.05) is 5.32 Å². The molecule has 0 atom stereocenters. The van der Waals surface area contributed by atoms with Crippen LogP contribution in [-0.4, -0.2) is 14.3 Å². The average molecular weight is 388 g/mol. The van der Waals surface area contributed by atoms with Gasteiger partial charge in [-0.2, -0.15) is 8.42 Å². The van der Waals surface area contributed by atoms with Crippen LogP contribution in [-0.2, 0) is 10.1 Å². The lowest BCUT2D eigenvalue weighted by Gasteiger charge is -2.09. The van der Waals surface area contributed by atoms with E-state index in [4.69, 9.17) is 15.8 Å². The van der Waals surface area contributed by atoms with E-state index >= 15 is 0 Å². The maximum atomic E-state index is 12.4. The van der Waals surface area contributed by atoms with Gasteiger partial charge < -0.3 is 9.50 Å². The van der Waals surface area contributed by atoms with E-state index in [-0.39, 0.29) is 16.2 Å². The van der Waals surface area contributed by atoms with Crippen LogP contribution in [0.25, 0.3) is 0 Å². The zero-order chi connectivity index (χ0) is 18.6. The van der Waals surface area contributed by atoms with E-state index < -0.39 is 16.0 Å². The summed E-state index contributed by atoms with van der Waals surface area (Å²) in [5.74, 6) is -0.284. The summed E-state index contributed by atoms with van der Waals surface area (Å²) in [4.78, 5) is 12.2. The van der Waals surface area contributed by atoms with E-state index in [1.165, 1.54) is 48.5 Å². The fourth-order valence-corrected chi connectivity index (χ4v) is 3.29. The summed E-state index contributed by atoms with van der Waals surface area (Å²) in [7, 11) is -4.08. The van der Waals surface area contributed by atoms with E-state index in [9.17, 15) is 13.2 Å². The van der Waals surface area contributed by atoms with Gasteiger partial charge in [0.15, 0.2) is 0 Å². The summed E-state index contributed by atoms with van der Waals surface area (Å²) in [6, 6.07) is 20.5. The quantitative estimate of drug-likeness (QED) is 0.660. The van der Waals surface area contributed by atoms with Crippen molar-refractivity contribution in [3.05, 3.63) is 89.4 Å². The monoisotopic (exact) mass is 387 g/mol. The molecule has 3 rings (SSSR count). The molecule has 3 aromatic rings. The first-order valence-electron chi connectivity index (χ1n) is 7.60. The Morgan fingerprint density at radius 2 is 1.58 bits per heavy atom. The average Bonchev–Trinajstić information content (AvgIpc) is 2.64. The predicted molar refractivity (Wildman–Crippen MR) is 100 cm³/mol. The number of hydrogen-bond acceptors (Lipinski definition) is 4. The molecule has 0 aliphatic carbocycles. The smallest absolute Gasteiger partial charge is 0.339 e. The molecule has 26 heavy (non-hydrogen) atoms. The van der Waals surface area contributed by atoms with Crippen LogP contribution in [0.2, 0.25) is 5.02 Å². The number of benzene rings is 3. The van der Waals surface area contributed by atoms with Gasteiger partial charge in [-0.1, -0.05) is 35.9 Å². The van der Waals surface area contributed by atoms with Crippen molar-refractivity contribution in [2.45, 2.75) is 4.90 Å². The Labute approximate surface area is 156 Å². The van der Waals surface area contributed by atoms with E-state index in [1.54, 1.807) is 24.3 Å². The van der Waals surface area contributed by atoms with Crippen LogP contribution in [0.15, 0.2) is 83.8 Å². The first-order chi connectivity index (χ1) is 12.4. The fraction of sp³-hybridized carbons (Fsp3) is 0. The van der Waals surface area contributed by atoms with Crippen LogP contribution in [0, 0.1) is 0 Å². The van der Waals surface area contributed by atoms with Gasteiger partial charge in [0.2, 0.25) is 0 Å². The standard InChI is InChI=1S/C19H14ClNO4S/c20-15-9-11-17(12-10-15)25-26(23,24)18-8-4-5-14(13-18)19(22)21-16-6-2-1-3-7-16/h1-13H,(H,21,22). The second-order valence-corrected chi connectivity index (χ2v) is 7.32. The Bertz CT molecular complexity index is 1020. The highest BCUT2D eigenvalue weighted by Crippen LogP contribution is 2.21. The molecule has 1 N–H and O–H groups in total. The summed E-state index contributed by atoms with van der Waals surface area (Å²) in [6.45, 7) is 0. The molecule has 5 nitrogen and oxygen atoms in total. The van der Waals surface area contributed by atoms with Gasteiger partial charge >= 0.3 is 10.1 Å². The van der Waals surface area contributed by atoms with E-state index in [0.29, 0.717) is 10.7 Å². The van der Waals surface area contributed by atoms with Crippen LogP contribution >= 0.6 is 11.6 Å². The second kappa shape index (κ2) is 7.59. The second-order valence-electron chi connectivity index (χ2n) is 5.34. The third-order valence-electron chi connectivity index (χ3n) is 3.44. The first-order valence-corrected chi connectivity index (χ1v) is 9.39. The van der Waals surface area contributed by atoms with E-state index in [0.717, 1.165) is 0 Å². The summed E-state index contributed by atoms with van der Waals surface area (Å²) in [6.07, 6.45) is 0. The number of halogens is 1. The van der Waals surface area contributed by atoms with Crippen molar-refractivity contribution < 1.29 is 17.4 Å². The maximum absolute atomic E-state index is 12.4. The number of hydrogen-bond donors (Lipinski definition) is 1. The number of carbonyl (C=O) groups excluding carboxylic acids is 1. The lowest BCUT2D eigenvalue weighted by Crippen LogP contribution is -2.14. The van der Waals surface area contributed by atoms with Gasteiger partial charge in [-0.05, 0) is 54.6 Å². The molecule has 0 aromatic heterocycles. The van der Waals surface area contributed by atoms with E-state index in [1.807, 2.05) is 6.07 Å². The SMILES string of the molecule is O=C(Nc1ccccc1)c1cccc(S(=O)(=O)Oc2ccc(Cl)cc2)c1. The summed E-state index contributed by atoms with van der Waals surface area (Å²) >= 11 is 5.77. The number of anilines is 1. The molecule has 0 spiro atoms. The summed E-state index contributed by atoms with van der Waals surface area (Å²) < 4.78 is 29.9. The molecule has 3 aromatic carbocycles. The van der Waals surface area contributed by atoms with Crippen molar-refractivity contribution in [3.8, 4) is 5.75 Å². The summed E-state index contributed by atoms with van der Waals surface area (Å²) in [5, 5.41) is 3.17. The molecule has 0 fully saturated rings.